The Morgan fingerprint density at radius 1 is 1.08 bits per heavy atom. The summed E-state index contributed by atoms with van der Waals surface area (Å²) in [5.41, 5.74) is 0.583. The van der Waals surface area contributed by atoms with Crippen LogP contribution in [0.2, 0.25) is 5.02 Å². The van der Waals surface area contributed by atoms with Crippen LogP contribution in [0, 0.1) is 0 Å². The van der Waals surface area contributed by atoms with Gasteiger partial charge in [-0.2, -0.15) is 5.10 Å². The molecule has 0 aliphatic heterocycles. The van der Waals surface area contributed by atoms with E-state index in [4.69, 9.17) is 27.9 Å². The van der Waals surface area contributed by atoms with Gasteiger partial charge in [-0.3, -0.25) is 0 Å². The average molecular weight is 377 g/mol. The van der Waals surface area contributed by atoms with Gasteiger partial charge in [-0.25, -0.2) is 9.67 Å². The van der Waals surface area contributed by atoms with Gasteiger partial charge in [0.1, 0.15) is 30.5 Å². The van der Waals surface area contributed by atoms with E-state index < -0.39 is 5.50 Å². The molecule has 0 fully saturated rings. The van der Waals surface area contributed by atoms with Crippen molar-refractivity contribution in [3.8, 4) is 5.75 Å². The molecule has 25 heavy (non-hydrogen) atoms. The number of hydrogen-bond donors (Lipinski definition) is 1. The first kappa shape index (κ1) is 17.7. The first-order valence-corrected chi connectivity index (χ1v) is 8.70. The van der Waals surface area contributed by atoms with Crippen LogP contribution in [0.3, 0.4) is 0 Å². The van der Waals surface area contributed by atoms with E-state index in [0.29, 0.717) is 18.2 Å². The zero-order chi connectivity index (χ0) is 17.5. The third-order valence-corrected chi connectivity index (χ3v) is 4.38. The zero-order valence-corrected chi connectivity index (χ0v) is 14.9. The number of nitrogens with zero attached hydrogens (tertiary/aromatic N) is 3. The number of rotatable bonds is 8. The maximum absolute atomic E-state index is 6.61. The minimum atomic E-state index is -0.430. The number of para-hydroxylation sites is 1. The lowest BCUT2D eigenvalue weighted by Crippen LogP contribution is -2.31. The van der Waals surface area contributed by atoms with Gasteiger partial charge in [0.15, 0.2) is 0 Å². The smallest absolute Gasteiger partial charge is 0.146 e. The van der Waals surface area contributed by atoms with Gasteiger partial charge in [0.2, 0.25) is 0 Å². The molecule has 2 unspecified atom stereocenters. The van der Waals surface area contributed by atoms with Crippen molar-refractivity contribution in [3.63, 3.8) is 0 Å². The summed E-state index contributed by atoms with van der Waals surface area (Å²) in [6.45, 7) is 1.15. The largest absolute Gasteiger partial charge is 0.492 e. The number of halogens is 2. The molecule has 1 heterocycles. The number of nitrogens with one attached hydrogen (secondary N) is 1. The maximum Gasteiger partial charge on any atom is 0.146 e. The number of aromatic nitrogens is 3. The highest BCUT2D eigenvalue weighted by Gasteiger charge is 2.23. The summed E-state index contributed by atoms with van der Waals surface area (Å²) in [4.78, 5) is 3.96. The number of hydrogen-bond acceptors (Lipinski definition) is 4. The first-order chi connectivity index (χ1) is 12.2. The Hall–Kier alpha value is -2.08. The summed E-state index contributed by atoms with van der Waals surface area (Å²) >= 11 is 12.6. The standard InChI is InChI=1S/C18H18Cl2N4O/c19-15-8-6-14(7-9-15)17(18(20)24-13-21-12-23-24)22-10-11-25-16-4-2-1-3-5-16/h1-9,12-13,17-18,22H,10-11H2. The minimum Gasteiger partial charge on any atom is -0.492 e. The fourth-order valence-electron chi connectivity index (χ4n) is 2.44. The van der Waals surface area contributed by atoms with Gasteiger partial charge < -0.3 is 10.1 Å². The van der Waals surface area contributed by atoms with Crippen molar-refractivity contribution < 1.29 is 4.74 Å². The SMILES string of the molecule is Clc1ccc(C(NCCOc2ccccc2)C(Cl)n2cncn2)cc1. The normalized spacial score (nSPS) is 13.4. The summed E-state index contributed by atoms with van der Waals surface area (Å²) in [6.07, 6.45) is 3.07. The van der Waals surface area contributed by atoms with E-state index in [-0.39, 0.29) is 6.04 Å². The van der Waals surface area contributed by atoms with E-state index >= 15 is 0 Å². The van der Waals surface area contributed by atoms with Crippen molar-refractivity contribution in [2.24, 2.45) is 0 Å². The molecule has 0 saturated carbocycles. The van der Waals surface area contributed by atoms with Crippen molar-refractivity contribution in [1.29, 1.82) is 0 Å². The van der Waals surface area contributed by atoms with Crippen LogP contribution in [0.25, 0.3) is 0 Å². The second-order valence-electron chi connectivity index (χ2n) is 5.39. The predicted molar refractivity (Wildman–Crippen MR) is 99.0 cm³/mol. The summed E-state index contributed by atoms with van der Waals surface area (Å²) in [5, 5.41) is 8.24. The molecule has 0 radical (unpaired) electrons. The van der Waals surface area contributed by atoms with E-state index in [1.807, 2.05) is 54.6 Å². The van der Waals surface area contributed by atoms with E-state index in [9.17, 15) is 0 Å². The van der Waals surface area contributed by atoms with E-state index in [2.05, 4.69) is 15.4 Å². The van der Waals surface area contributed by atoms with Crippen LogP contribution in [0.15, 0.2) is 67.3 Å². The van der Waals surface area contributed by atoms with Gasteiger partial charge in [-0.1, -0.05) is 53.5 Å². The van der Waals surface area contributed by atoms with Crippen LogP contribution in [0.5, 0.6) is 5.75 Å². The van der Waals surface area contributed by atoms with Crippen molar-refractivity contribution in [2.75, 3.05) is 13.2 Å². The average Bonchev–Trinajstić information content (AvgIpc) is 3.18. The third-order valence-electron chi connectivity index (χ3n) is 3.67. The Balaban J connectivity index is 1.65. The molecule has 0 amide bonds. The number of alkyl halides is 1. The molecule has 130 valence electrons. The molecule has 0 saturated heterocycles. The molecule has 2 aromatic carbocycles. The Kier molecular flexibility index (Phi) is 6.28. The predicted octanol–water partition coefficient (Wildman–Crippen LogP) is 4.08. The van der Waals surface area contributed by atoms with Gasteiger partial charge in [0.25, 0.3) is 0 Å². The van der Waals surface area contributed by atoms with Crippen LogP contribution < -0.4 is 10.1 Å². The number of ether oxygens (including phenoxy) is 1. The van der Waals surface area contributed by atoms with E-state index in [1.165, 1.54) is 6.33 Å². The lowest BCUT2D eigenvalue weighted by Gasteiger charge is -2.24. The van der Waals surface area contributed by atoms with Gasteiger partial charge in [0.05, 0.1) is 6.04 Å². The highest BCUT2D eigenvalue weighted by molar-refractivity contribution is 6.30. The van der Waals surface area contributed by atoms with Gasteiger partial charge in [-0.15, -0.1) is 0 Å². The molecule has 5 nitrogen and oxygen atoms in total. The van der Waals surface area contributed by atoms with Crippen molar-refractivity contribution in [1.82, 2.24) is 20.1 Å². The van der Waals surface area contributed by atoms with Crippen LogP contribution in [0.4, 0.5) is 0 Å². The van der Waals surface area contributed by atoms with Crippen LogP contribution in [-0.4, -0.2) is 27.9 Å². The molecular formula is C18H18Cl2N4O. The van der Waals surface area contributed by atoms with Gasteiger partial charge in [0, 0.05) is 11.6 Å². The Bertz CT molecular complexity index is 751. The second kappa shape index (κ2) is 8.85. The van der Waals surface area contributed by atoms with Crippen LogP contribution in [-0.2, 0) is 0 Å². The Morgan fingerprint density at radius 2 is 1.84 bits per heavy atom. The molecular weight excluding hydrogens is 359 g/mol. The quantitative estimate of drug-likeness (QED) is 0.475. The zero-order valence-electron chi connectivity index (χ0n) is 13.4. The maximum atomic E-state index is 6.61. The fourth-order valence-corrected chi connectivity index (χ4v) is 2.90. The molecule has 3 aromatic rings. The topological polar surface area (TPSA) is 52.0 Å². The van der Waals surface area contributed by atoms with E-state index in [0.717, 1.165) is 11.3 Å². The molecule has 0 aliphatic carbocycles. The highest BCUT2D eigenvalue weighted by Crippen LogP contribution is 2.29. The fraction of sp³-hybridized carbons (Fsp3) is 0.222. The lowest BCUT2D eigenvalue weighted by molar-refractivity contribution is 0.297. The van der Waals surface area contributed by atoms with Crippen molar-refractivity contribution in [2.45, 2.75) is 11.5 Å². The van der Waals surface area contributed by atoms with Crippen molar-refractivity contribution in [3.05, 3.63) is 77.8 Å². The van der Waals surface area contributed by atoms with Gasteiger partial charge >= 0.3 is 0 Å². The van der Waals surface area contributed by atoms with Crippen molar-refractivity contribution >= 4 is 23.2 Å². The molecule has 1 N–H and O–H groups in total. The molecule has 3 rings (SSSR count). The molecule has 1 aromatic heterocycles. The molecule has 7 heteroatoms. The second-order valence-corrected chi connectivity index (χ2v) is 6.28. The van der Waals surface area contributed by atoms with Crippen LogP contribution in [0.1, 0.15) is 17.1 Å². The molecule has 0 aliphatic rings. The molecule has 2 atom stereocenters. The third kappa shape index (κ3) is 4.95. The van der Waals surface area contributed by atoms with E-state index in [1.54, 1.807) is 11.0 Å². The Labute approximate surface area is 156 Å². The first-order valence-electron chi connectivity index (χ1n) is 7.89. The monoisotopic (exact) mass is 376 g/mol. The molecule has 0 spiro atoms. The summed E-state index contributed by atoms with van der Waals surface area (Å²) in [7, 11) is 0. The van der Waals surface area contributed by atoms with Gasteiger partial charge in [-0.05, 0) is 29.8 Å². The Morgan fingerprint density at radius 3 is 2.52 bits per heavy atom. The lowest BCUT2D eigenvalue weighted by atomic mass is 10.1. The summed E-state index contributed by atoms with van der Waals surface area (Å²) in [6, 6.07) is 17.1. The van der Waals surface area contributed by atoms with Crippen LogP contribution >= 0.6 is 23.2 Å². The molecule has 0 bridgehead atoms. The summed E-state index contributed by atoms with van der Waals surface area (Å²) in [5.74, 6) is 0.839. The number of benzene rings is 2. The minimum absolute atomic E-state index is 0.167. The summed E-state index contributed by atoms with van der Waals surface area (Å²) < 4.78 is 7.34. The highest BCUT2D eigenvalue weighted by atomic mass is 35.5.